The zero-order valence-corrected chi connectivity index (χ0v) is 12.2. The van der Waals surface area contributed by atoms with Gasteiger partial charge in [-0.3, -0.25) is 0 Å². The minimum Gasteiger partial charge on any atom is -0.367 e. The molecule has 0 saturated heterocycles. The molecule has 3 heteroatoms. The molecule has 0 fully saturated rings. The minimum atomic E-state index is -0.172. The Morgan fingerprint density at radius 1 is 1.20 bits per heavy atom. The molecule has 2 rings (SSSR count). The third kappa shape index (κ3) is 2.83. The molecule has 1 unspecified atom stereocenters. The van der Waals surface area contributed by atoms with E-state index in [1.165, 1.54) is 11.6 Å². The monoisotopic (exact) mass is 272 g/mol. The van der Waals surface area contributed by atoms with E-state index in [0.717, 1.165) is 11.3 Å². The molecular formula is C17H21FN2. The Morgan fingerprint density at radius 3 is 2.55 bits per heavy atom. The third-order valence-electron chi connectivity index (χ3n) is 3.78. The quantitative estimate of drug-likeness (QED) is 0.917. The van der Waals surface area contributed by atoms with Gasteiger partial charge in [-0.1, -0.05) is 30.3 Å². The predicted molar refractivity (Wildman–Crippen MR) is 82.3 cm³/mol. The van der Waals surface area contributed by atoms with E-state index in [-0.39, 0.29) is 11.9 Å². The van der Waals surface area contributed by atoms with Crippen LogP contribution >= 0.6 is 0 Å². The fraction of sp³-hybridized carbons (Fsp3) is 0.294. The van der Waals surface area contributed by atoms with Gasteiger partial charge in [-0.15, -0.1) is 0 Å². The highest BCUT2D eigenvalue weighted by Crippen LogP contribution is 2.30. The van der Waals surface area contributed by atoms with Crippen molar-refractivity contribution in [3.63, 3.8) is 0 Å². The number of anilines is 1. The van der Waals surface area contributed by atoms with E-state index in [0.29, 0.717) is 12.1 Å². The van der Waals surface area contributed by atoms with Crippen molar-refractivity contribution in [2.24, 2.45) is 5.73 Å². The zero-order valence-electron chi connectivity index (χ0n) is 12.2. The Labute approximate surface area is 120 Å². The summed E-state index contributed by atoms with van der Waals surface area (Å²) >= 11 is 0. The number of rotatable bonds is 4. The van der Waals surface area contributed by atoms with Crippen LogP contribution in [0.4, 0.5) is 10.1 Å². The fourth-order valence-corrected chi connectivity index (χ4v) is 2.41. The van der Waals surface area contributed by atoms with Crippen LogP contribution in [0.3, 0.4) is 0 Å². The summed E-state index contributed by atoms with van der Waals surface area (Å²) in [6.45, 7) is 4.52. The smallest absolute Gasteiger partial charge is 0.128 e. The van der Waals surface area contributed by atoms with Crippen LogP contribution in [0.5, 0.6) is 0 Å². The van der Waals surface area contributed by atoms with Crippen molar-refractivity contribution in [2.75, 3.05) is 11.9 Å². The highest BCUT2D eigenvalue weighted by Gasteiger charge is 2.17. The first-order valence-electron chi connectivity index (χ1n) is 6.81. The molecule has 0 aromatic heterocycles. The van der Waals surface area contributed by atoms with Gasteiger partial charge in [0.1, 0.15) is 5.82 Å². The Bertz CT molecular complexity index is 595. The van der Waals surface area contributed by atoms with Crippen LogP contribution in [0.15, 0.2) is 42.5 Å². The summed E-state index contributed by atoms with van der Waals surface area (Å²) in [5, 5.41) is 0. The van der Waals surface area contributed by atoms with Gasteiger partial charge < -0.3 is 10.6 Å². The van der Waals surface area contributed by atoms with E-state index < -0.39 is 0 Å². The van der Waals surface area contributed by atoms with Crippen LogP contribution in [-0.2, 0) is 6.54 Å². The molecule has 0 saturated carbocycles. The molecule has 0 heterocycles. The summed E-state index contributed by atoms with van der Waals surface area (Å²) in [5.41, 5.74) is 9.80. The van der Waals surface area contributed by atoms with E-state index in [9.17, 15) is 4.39 Å². The Kier molecular flexibility index (Phi) is 4.40. The number of hydrogen-bond acceptors (Lipinski definition) is 2. The summed E-state index contributed by atoms with van der Waals surface area (Å²) < 4.78 is 13.9. The Morgan fingerprint density at radius 2 is 1.90 bits per heavy atom. The summed E-state index contributed by atoms with van der Waals surface area (Å²) in [4.78, 5) is 2.08. The first-order valence-corrected chi connectivity index (χ1v) is 6.81. The van der Waals surface area contributed by atoms with Crippen molar-refractivity contribution in [1.82, 2.24) is 0 Å². The lowest BCUT2D eigenvalue weighted by Gasteiger charge is -2.29. The summed E-state index contributed by atoms with van der Waals surface area (Å²) in [7, 11) is 1.98. The highest BCUT2D eigenvalue weighted by atomic mass is 19.1. The largest absolute Gasteiger partial charge is 0.367 e. The molecule has 2 aromatic rings. The maximum absolute atomic E-state index is 13.9. The fourth-order valence-electron chi connectivity index (χ4n) is 2.41. The van der Waals surface area contributed by atoms with E-state index in [4.69, 9.17) is 5.73 Å². The van der Waals surface area contributed by atoms with E-state index in [1.807, 2.05) is 45.2 Å². The molecule has 0 aliphatic heterocycles. The van der Waals surface area contributed by atoms with Crippen molar-refractivity contribution in [3.8, 4) is 0 Å². The van der Waals surface area contributed by atoms with Gasteiger partial charge in [0.2, 0.25) is 0 Å². The normalized spacial score (nSPS) is 12.2. The molecule has 1 atom stereocenters. The van der Waals surface area contributed by atoms with Gasteiger partial charge in [0, 0.05) is 24.8 Å². The van der Waals surface area contributed by atoms with Crippen molar-refractivity contribution in [3.05, 3.63) is 65.0 Å². The van der Waals surface area contributed by atoms with Crippen LogP contribution < -0.4 is 10.6 Å². The van der Waals surface area contributed by atoms with Gasteiger partial charge in [0.15, 0.2) is 0 Å². The lowest BCUT2D eigenvalue weighted by Crippen LogP contribution is -2.24. The molecule has 20 heavy (non-hydrogen) atoms. The van der Waals surface area contributed by atoms with Gasteiger partial charge in [-0.05, 0) is 37.1 Å². The lowest BCUT2D eigenvalue weighted by molar-refractivity contribution is 0.585. The average Bonchev–Trinajstić information content (AvgIpc) is 2.46. The molecule has 0 radical (unpaired) electrons. The molecule has 0 bridgehead atoms. The van der Waals surface area contributed by atoms with Crippen molar-refractivity contribution >= 4 is 5.69 Å². The highest BCUT2D eigenvalue weighted by molar-refractivity contribution is 5.56. The lowest BCUT2D eigenvalue weighted by atomic mass is 10.0. The van der Waals surface area contributed by atoms with Gasteiger partial charge >= 0.3 is 0 Å². The second-order valence-electron chi connectivity index (χ2n) is 5.14. The van der Waals surface area contributed by atoms with E-state index >= 15 is 0 Å². The molecule has 0 aliphatic carbocycles. The molecule has 0 amide bonds. The molecule has 2 N–H and O–H groups in total. The van der Waals surface area contributed by atoms with Gasteiger partial charge in [0.05, 0.1) is 6.04 Å². The van der Waals surface area contributed by atoms with E-state index in [2.05, 4.69) is 11.0 Å². The third-order valence-corrected chi connectivity index (χ3v) is 3.78. The van der Waals surface area contributed by atoms with Crippen LogP contribution in [0, 0.1) is 12.7 Å². The summed E-state index contributed by atoms with van der Waals surface area (Å²) in [5.74, 6) is -0.172. The average molecular weight is 272 g/mol. The Balaban J connectivity index is 2.38. The maximum atomic E-state index is 13.9. The number of benzene rings is 2. The molecule has 2 nitrogen and oxygen atoms in total. The predicted octanol–water partition coefficient (Wildman–Crippen LogP) is 3.79. The molecule has 2 aromatic carbocycles. The molecule has 106 valence electrons. The molecule has 0 aliphatic rings. The number of aryl methyl sites for hydroxylation is 1. The van der Waals surface area contributed by atoms with Gasteiger partial charge in [0.25, 0.3) is 0 Å². The van der Waals surface area contributed by atoms with Crippen LogP contribution in [0.25, 0.3) is 0 Å². The van der Waals surface area contributed by atoms with Gasteiger partial charge in [-0.2, -0.15) is 0 Å². The Hall–Kier alpha value is -1.87. The first kappa shape index (κ1) is 14.5. The number of nitrogens with two attached hydrogens (primary N) is 1. The van der Waals surface area contributed by atoms with Crippen molar-refractivity contribution in [2.45, 2.75) is 26.4 Å². The van der Waals surface area contributed by atoms with Crippen molar-refractivity contribution in [1.29, 1.82) is 0 Å². The van der Waals surface area contributed by atoms with Gasteiger partial charge in [-0.25, -0.2) is 4.39 Å². The SMILES string of the molecule is Cc1ccc(CN)c(N(C)C(C)c2ccccc2F)c1. The second kappa shape index (κ2) is 6.06. The maximum Gasteiger partial charge on any atom is 0.128 e. The number of nitrogens with zero attached hydrogens (tertiary/aromatic N) is 1. The number of hydrogen-bond donors (Lipinski definition) is 1. The zero-order chi connectivity index (χ0) is 14.7. The minimum absolute atomic E-state index is 0.0525. The molecular weight excluding hydrogens is 251 g/mol. The number of halogens is 1. The topological polar surface area (TPSA) is 29.3 Å². The summed E-state index contributed by atoms with van der Waals surface area (Å²) in [6, 6.07) is 13.0. The van der Waals surface area contributed by atoms with Crippen LogP contribution in [0.2, 0.25) is 0 Å². The standard InChI is InChI=1S/C17H21FN2/c1-12-8-9-14(11-19)17(10-12)20(3)13(2)15-6-4-5-7-16(15)18/h4-10,13H,11,19H2,1-3H3. The van der Waals surface area contributed by atoms with Crippen LogP contribution in [0.1, 0.15) is 29.7 Å². The first-order chi connectivity index (χ1) is 9.54. The van der Waals surface area contributed by atoms with Crippen molar-refractivity contribution < 1.29 is 4.39 Å². The van der Waals surface area contributed by atoms with Crippen LogP contribution in [-0.4, -0.2) is 7.05 Å². The summed E-state index contributed by atoms with van der Waals surface area (Å²) in [6.07, 6.45) is 0. The molecule has 0 spiro atoms. The van der Waals surface area contributed by atoms with E-state index in [1.54, 1.807) is 6.07 Å². The second-order valence-corrected chi connectivity index (χ2v) is 5.14.